The molecule has 1 N–H and O–H groups in total. The van der Waals surface area contributed by atoms with Gasteiger partial charge >= 0.3 is 0 Å². The van der Waals surface area contributed by atoms with Gasteiger partial charge < -0.3 is 10.2 Å². The lowest BCUT2D eigenvalue weighted by Gasteiger charge is -2.47. The van der Waals surface area contributed by atoms with Gasteiger partial charge in [0.15, 0.2) is 5.78 Å². The highest BCUT2D eigenvalue weighted by Gasteiger charge is 2.47. The maximum atomic E-state index is 12.7. The number of carbonyl (C=O) groups excluding carboxylic acids is 3. The van der Waals surface area contributed by atoms with Crippen molar-refractivity contribution < 1.29 is 14.4 Å². The topological polar surface area (TPSA) is 69.7 Å². The van der Waals surface area contributed by atoms with E-state index >= 15 is 0 Å². The summed E-state index contributed by atoms with van der Waals surface area (Å²) in [6.45, 7) is 5.75. The molecule has 2 aliphatic heterocycles. The van der Waals surface area contributed by atoms with Gasteiger partial charge in [-0.15, -0.1) is 11.3 Å². The van der Waals surface area contributed by atoms with Gasteiger partial charge in [-0.3, -0.25) is 19.3 Å². The van der Waals surface area contributed by atoms with Crippen molar-refractivity contribution in [1.29, 1.82) is 0 Å². The van der Waals surface area contributed by atoms with Crippen molar-refractivity contribution in [1.82, 2.24) is 15.1 Å². The Hall–Kier alpha value is -2.25. The number of thiophene rings is 1. The molecule has 2 fully saturated rings. The molecule has 0 bridgehead atoms. The van der Waals surface area contributed by atoms with Crippen LogP contribution in [-0.2, 0) is 9.59 Å². The molecule has 1 aromatic heterocycles. The molecule has 1 unspecified atom stereocenters. The average Bonchev–Trinajstić information content (AvgIpc) is 3.08. The zero-order valence-corrected chi connectivity index (χ0v) is 16.3. The molecule has 7 heteroatoms. The Kier molecular flexibility index (Phi) is 4.52. The molecular formula is C20H23N3O3S. The van der Waals surface area contributed by atoms with Crippen LogP contribution in [0.4, 0.5) is 0 Å². The lowest BCUT2D eigenvalue weighted by Crippen LogP contribution is -2.72. The average molecular weight is 385 g/mol. The van der Waals surface area contributed by atoms with E-state index in [1.807, 2.05) is 29.6 Å². The van der Waals surface area contributed by atoms with Gasteiger partial charge in [-0.1, -0.05) is 18.2 Å². The van der Waals surface area contributed by atoms with Gasteiger partial charge in [0, 0.05) is 53.6 Å². The predicted octanol–water partition coefficient (Wildman–Crippen LogP) is 1.90. The zero-order chi connectivity index (χ0) is 19.2. The third kappa shape index (κ3) is 3.26. The van der Waals surface area contributed by atoms with E-state index in [9.17, 15) is 14.4 Å². The molecule has 142 valence electrons. The van der Waals surface area contributed by atoms with Crippen LogP contribution in [-0.4, -0.2) is 65.2 Å². The summed E-state index contributed by atoms with van der Waals surface area (Å²) in [5, 5.41) is 5.75. The van der Waals surface area contributed by atoms with Gasteiger partial charge in [-0.25, -0.2) is 0 Å². The van der Waals surface area contributed by atoms with E-state index in [0.717, 1.165) is 15.6 Å². The first kappa shape index (κ1) is 18.1. The van der Waals surface area contributed by atoms with E-state index in [-0.39, 0.29) is 17.6 Å². The van der Waals surface area contributed by atoms with Crippen LogP contribution in [0.25, 0.3) is 10.1 Å². The molecule has 2 amide bonds. The third-order valence-electron chi connectivity index (χ3n) is 5.43. The minimum Gasteiger partial charge on any atom is -0.340 e. The summed E-state index contributed by atoms with van der Waals surface area (Å²) < 4.78 is 1.12. The molecule has 27 heavy (non-hydrogen) atoms. The number of hydrogen-bond acceptors (Lipinski definition) is 5. The van der Waals surface area contributed by atoms with E-state index in [2.05, 4.69) is 10.2 Å². The molecule has 2 aromatic rings. The van der Waals surface area contributed by atoms with Crippen LogP contribution in [0.5, 0.6) is 0 Å². The van der Waals surface area contributed by atoms with Crippen molar-refractivity contribution in [3.63, 3.8) is 0 Å². The van der Waals surface area contributed by atoms with Crippen molar-refractivity contribution in [2.24, 2.45) is 0 Å². The number of rotatable bonds is 4. The van der Waals surface area contributed by atoms with E-state index in [1.54, 1.807) is 30.1 Å². The number of carbonyl (C=O) groups is 3. The number of nitrogens with zero attached hydrogens (tertiary/aromatic N) is 2. The Morgan fingerprint density at radius 1 is 1.26 bits per heavy atom. The molecule has 2 aliphatic rings. The van der Waals surface area contributed by atoms with Gasteiger partial charge in [-0.2, -0.15) is 0 Å². The van der Waals surface area contributed by atoms with E-state index in [4.69, 9.17) is 0 Å². The predicted molar refractivity (Wildman–Crippen MR) is 105 cm³/mol. The number of amides is 2. The summed E-state index contributed by atoms with van der Waals surface area (Å²) in [5.74, 6) is -0.0211. The molecule has 0 spiro atoms. The van der Waals surface area contributed by atoms with Crippen molar-refractivity contribution >= 4 is 39.0 Å². The fourth-order valence-electron chi connectivity index (χ4n) is 3.90. The Balaban J connectivity index is 1.40. The largest absolute Gasteiger partial charge is 0.340 e. The second kappa shape index (κ2) is 6.73. The minimum atomic E-state index is -0.842. The molecule has 0 saturated carbocycles. The number of piperazine rings is 2. The summed E-state index contributed by atoms with van der Waals surface area (Å²) in [5.41, 5.74) is -0.0623. The van der Waals surface area contributed by atoms with Crippen molar-refractivity contribution in [2.45, 2.75) is 31.8 Å². The summed E-state index contributed by atoms with van der Waals surface area (Å²) in [7, 11) is 0. The first-order valence-corrected chi connectivity index (χ1v) is 10.1. The highest BCUT2D eigenvalue weighted by atomic mass is 32.1. The number of hydrogen-bond donors (Lipinski definition) is 1. The van der Waals surface area contributed by atoms with Crippen LogP contribution in [0.1, 0.15) is 30.6 Å². The van der Waals surface area contributed by atoms with Crippen LogP contribution in [0.3, 0.4) is 0 Å². The molecule has 0 aliphatic carbocycles. The summed E-state index contributed by atoms with van der Waals surface area (Å²) in [6, 6.07) is 7.47. The highest BCUT2D eigenvalue weighted by Crippen LogP contribution is 2.27. The monoisotopic (exact) mass is 385 g/mol. The van der Waals surface area contributed by atoms with Gasteiger partial charge in [0.2, 0.25) is 11.8 Å². The zero-order valence-electron chi connectivity index (χ0n) is 15.5. The van der Waals surface area contributed by atoms with Crippen molar-refractivity contribution in [2.75, 3.05) is 26.2 Å². The number of Topliss-reactive ketones (excluding diaryl/α,β-unsaturated/α-hetero) is 1. The van der Waals surface area contributed by atoms with E-state index in [1.165, 1.54) is 0 Å². The first-order valence-electron chi connectivity index (χ1n) is 9.22. The fraction of sp³-hybridized carbons (Fsp3) is 0.450. The first-order chi connectivity index (χ1) is 12.9. The van der Waals surface area contributed by atoms with Crippen LogP contribution < -0.4 is 5.32 Å². The Morgan fingerprint density at radius 3 is 2.85 bits per heavy atom. The van der Waals surface area contributed by atoms with Crippen molar-refractivity contribution in [3.8, 4) is 0 Å². The van der Waals surface area contributed by atoms with Gasteiger partial charge in [-0.05, 0) is 19.9 Å². The lowest BCUT2D eigenvalue weighted by molar-refractivity contribution is -0.157. The fourth-order valence-corrected chi connectivity index (χ4v) is 4.87. The number of benzene rings is 1. The molecule has 6 nitrogen and oxygen atoms in total. The molecule has 4 rings (SSSR count). The molecule has 2 saturated heterocycles. The maximum Gasteiger partial charge on any atom is 0.248 e. The van der Waals surface area contributed by atoms with Crippen LogP contribution in [0.15, 0.2) is 29.6 Å². The number of nitrogens with one attached hydrogen (secondary N) is 1. The van der Waals surface area contributed by atoms with E-state index < -0.39 is 11.6 Å². The van der Waals surface area contributed by atoms with Gasteiger partial charge in [0.05, 0.1) is 0 Å². The quantitative estimate of drug-likeness (QED) is 0.816. The van der Waals surface area contributed by atoms with Gasteiger partial charge in [0.25, 0.3) is 0 Å². The Labute approximate surface area is 162 Å². The Morgan fingerprint density at radius 2 is 2.04 bits per heavy atom. The molecule has 1 atom stereocenters. The molecule has 1 aromatic carbocycles. The minimum absolute atomic E-state index is 0.0347. The van der Waals surface area contributed by atoms with Crippen LogP contribution in [0.2, 0.25) is 0 Å². The maximum absolute atomic E-state index is 12.7. The van der Waals surface area contributed by atoms with Gasteiger partial charge in [0.1, 0.15) is 11.6 Å². The SMILES string of the molecule is CC1(C)NC(=O)C2CN(CCC(=O)c3csc4ccccc34)CCN2C1=O. The van der Waals surface area contributed by atoms with Crippen LogP contribution >= 0.6 is 11.3 Å². The third-order valence-corrected chi connectivity index (χ3v) is 6.40. The highest BCUT2D eigenvalue weighted by molar-refractivity contribution is 7.17. The lowest BCUT2D eigenvalue weighted by atomic mass is 9.95. The summed E-state index contributed by atoms with van der Waals surface area (Å²) in [4.78, 5) is 41.4. The Bertz CT molecular complexity index is 920. The molecule has 0 radical (unpaired) electrons. The van der Waals surface area contributed by atoms with Crippen molar-refractivity contribution in [3.05, 3.63) is 35.2 Å². The molecular weight excluding hydrogens is 362 g/mol. The second-order valence-corrected chi connectivity index (χ2v) is 8.66. The standard InChI is InChI=1S/C20H23N3O3S/c1-20(2)19(26)23-10-9-22(11-15(23)18(25)21-20)8-7-16(24)14-12-27-17-6-4-3-5-13(14)17/h3-6,12,15H,7-11H2,1-2H3,(H,21,25). The van der Waals surface area contributed by atoms with Crippen LogP contribution in [0, 0.1) is 0 Å². The molecule has 3 heterocycles. The smallest absolute Gasteiger partial charge is 0.248 e. The number of fused-ring (bicyclic) bond motifs is 2. The second-order valence-electron chi connectivity index (χ2n) is 7.75. The summed E-state index contributed by atoms with van der Waals surface area (Å²) >= 11 is 1.59. The number of ketones is 1. The summed E-state index contributed by atoms with van der Waals surface area (Å²) in [6.07, 6.45) is 0.411. The normalized spacial score (nSPS) is 22.6. The van der Waals surface area contributed by atoms with E-state index in [0.29, 0.717) is 32.6 Å².